The number of carbonyl (C=O) groups is 2. The highest BCUT2D eigenvalue weighted by atomic mass is 16.5. The van der Waals surface area contributed by atoms with Crippen molar-refractivity contribution in [1.29, 1.82) is 0 Å². The van der Waals surface area contributed by atoms with Crippen LogP contribution in [0.5, 0.6) is 0 Å². The Labute approximate surface area is 125 Å². The highest BCUT2D eigenvalue weighted by Gasteiger charge is 2.48. The van der Waals surface area contributed by atoms with Crippen LogP contribution in [0.2, 0.25) is 0 Å². The summed E-state index contributed by atoms with van der Waals surface area (Å²) in [5.41, 5.74) is -1.07. The number of rotatable bonds is 1. The Balaban J connectivity index is 1.81. The first-order valence-electron chi connectivity index (χ1n) is 7.97. The van der Waals surface area contributed by atoms with Crippen molar-refractivity contribution in [2.24, 2.45) is 0 Å². The number of piperidine rings is 1. The number of ether oxygens (including phenoxy) is 1. The minimum atomic E-state index is -1.07. The summed E-state index contributed by atoms with van der Waals surface area (Å²) in [6.07, 6.45) is 5.47. The van der Waals surface area contributed by atoms with Gasteiger partial charge in [-0.25, -0.2) is 9.59 Å². The summed E-state index contributed by atoms with van der Waals surface area (Å²) in [6, 6.07) is 0.0195. The van der Waals surface area contributed by atoms with Crippen LogP contribution in [0.4, 0.5) is 4.79 Å². The second-order valence-electron chi connectivity index (χ2n) is 6.57. The number of hydrogen-bond donors (Lipinski definition) is 1. The van der Waals surface area contributed by atoms with Gasteiger partial charge >= 0.3 is 12.0 Å². The Hall–Kier alpha value is -1.30. The van der Waals surface area contributed by atoms with Crippen LogP contribution in [-0.2, 0) is 9.53 Å². The molecule has 118 valence electrons. The fourth-order valence-electron chi connectivity index (χ4n) is 3.97. The van der Waals surface area contributed by atoms with Crippen LogP contribution >= 0.6 is 0 Å². The number of carbonyl (C=O) groups excluding carboxylic acids is 1. The van der Waals surface area contributed by atoms with E-state index < -0.39 is 11.5 Å². The Bertz CT molecular complexity index is 441. The van der Waals surface area contributed by atoms with Crippen LogP contribution in [-0.4, -0.2) is 64.3 Å². The topological polar surface area (TPSA) is 70.1 Å². The lowest BCUT2D eigenvalue weighted by Gasteiger charge is -2.47. The van der Waals surface area contributed by atoms with Gasteiger partial charge in [0.1, 0.15) is 5.54 Å². The van der Waals surface area contributed by atoms with Crippen molar-refractivity contribution in [3.63, 3.8) is 0 Å². The van der Waals surface area contributed by atoms with Crippen molar-refractivity contribution in [3.8, 4) is 0 Å². The normalized spacial score (nSPS) is 36.4. The third-order valence-corrected chi connectivity index (χ3v) is 5.31. The molecule has 2 heterocycles. The van der Waals surface area contributed by atoms with Crippen LogP contribution in [0.25, 0.3) is 0 Å². The molecule has 2 aliphatic heterocycles. The van der Waals surface area contributed by atoms with E-state index in [1.165, 1.54) is 0 Å². The lowest BCUT2D eigenvalue weighted by Crippen LogP contribution is -2.63. The summed E-state index contributed by atoms with van der Waals surface area (Å²) in [7, 11) is 0. The maximum Gasteiger partial charge on any atom is 0.329 e. The molecule has 0 bridgehead atoms. The number of urea groups is 1. The minimum Gasteiger partial charge on any atom is -0.480 e. The number of morpholine rings is 1. The maximum absolute atomic E-state index is 12.9. The lowest BCUT2D eigenvalue weighted by molar-refractivity contribution is -0.151. The van der Waals surface area contributed by atoms with Crippen molar-refractivity contribution in [3.05, 3.63) is 0 Å². The minimum absolute atomic E-state index is 0.111. The fraction of sp³-hybridized carbons (Fsp3) is 0.867. The fourth-order valence-corrected chi connectivity index (χ4v) is 3.97. The molecule has 2 saturated heterocycles. The number of amides is 2. The molecule has 3 unspecified atom stereocenters. The number of nitrogens with zero attached hydrogens (tertiary/aromatic N) is 2. The van der Waals surface area contributed by atoms with E-state index in [0.717, 1.165) is 32.1 Å². The van der Waals surface area contributed by atoms with Gasteiger partial charge in [0.2, 0.25) is 0 Å². The summed E-state index contributed by atoms with van der Waals surface area (Å²) in [4.78, 5) is 28.1. The van der Waals surface area contributed by atoms with Crippen molar-refractivity contribution < 1.29 is 19.4 Å². The zero-order valence-corrected chi connectivity index (χ0v) is 12.6. The predicted molar refractivity (Wildman–Crippen MR) is 76.1 cm³/mol. The van der Waals surface area contributed by atoms with Crippen LogP contribution in [0.1, 0.15) is 45.4 Å². The summed E-state index contributed by atoms with van der Waals surface area (Å²) in [5.74, 6) is -0.896. The molecule has 1 saturated carbocycles. The van der Waals surface area contributed by atoms with Gasteiger partial charge in [0.25, 0.3) is 0 Å². The zero-order chi connectivity index (χ0) is 15.0. The molecule has 0 radical (unpaired) electrons. The van der Waals surface area contributed by atoms with Gasteiger partial charge in [-0.2, -0.15) is 0 Å². The van der Waals surface area contributed by atoms with Gasteiger partial charge < -0.3 is 19.6 Å². The third kappa shape index (κ3) is 2.39. The summed E-state index contributed by atoms with van der Waals surface area (Å²) >= 11 is 0. The van der Waals surface area contributed by atoms with E-state index in [0.29, 0.717) is 26.1 Å². The van der Waals surface area contributed by atoms with Gasteiger partial charge in [0.05, 0.1) is 18.8 Å². The molecule has 1 aliphatic carbocycles. The van der Waals surface area contributed by atoms with Crippen molar-refractivity contribution in [1.82, 2.24) is 9.80 Å². The van der Waals surface area contributed by atoms with Crippen molar-refractivity contribution in [2.45, 2.75) is 63.1 Å². The first kappa shape index (κ1) is 14.6. The van der Waals surface area contributed by atoms with Crippen molar-refractivity contribution >= 4 is 12.0 Å². The van der Waals surface area contributed by atoms with Crippen LogP contribution < -0.4 is 0 Å². The third-order valence-electron chi connectivity index (χ3n) is 5.31. The highest BCUT2D eigenvalue weighted by Crippen LogP contribution is 2.34. The molecule has 3 aliphatic rings. The van der Waals surface area contributed by atoms with Gasteiger partial charge in [-0.1, -0.05) is 0 Å². The second-order valence-corrected chi connectivity index (χ2v) is 6.57. The Kier molecular flexibility index (Phi) is 3.82. The van der Waals surface area contributed by atoms with E-state index in [-0.39, 0.29) is 18.2 Å². The molecule has 3 fully saturated rings. The van der Waals surface area contributed by atoms with E-state index >= 15 is 0 Å². The Morgan fingerprint density at radius 1 is 1.19 bits per heavy atom. The number of fused-ring (bicyclic) bond motifs is 1. The number of hydrogen-bond acceptors (Lipinski definition) is 3. The standard InChI is InChI=1S/C15H24N2O4/c1-15(13(18)19)7-2-3-8-17(15)14(20)16-9-10-21-12-6-4-5-11(12)16/h11-12H,2-10H2,1H3,(H,18,19). The molecule has 2 amide bonds. The molecule has 0 aromatic carbocycles. The molecule has 3 atom stereocenters. The summed E-state index contributed by atoms with van der Waals surface area (Å²) in [5, 5.41) is 9.57. The SMILES string of the molecule is CC1(C(=O)O)CCCCN1C(=O)N1CCOC2CCCC21. The molecule has 0 aromatic heterocycles. The number of likely N-dealkylation sites (tertiary alicyclic amines) is 1. The number of aliphatic carboxylic acids is 1. The van der Waals surface area contributed by atoms with Crippen LogP contribution in [0.3, 0.4) is 0 Å². The predicted octanol–water partition coefficient (Wildman–Crippen LogP) is 1.69. The van der Waals surface area contributed by atoms with E-state index in [4.69, 9.17) is 4.74 Å². The smallest absolute Gasteiger partial charge is 0.329 e. The molecule has 0 aromatic rings. The first-order chi connectivity index (χ1) is 10.0. The molecule has 6 nitrogen and oxygen atoms in total. The number of carboxylic acids is 1. The van der Waals surface area contributed by atoms with E-state index in [1.54, 1.807) is 11.8 Å². The van der Waals surface area contributed by atoms with Crippen LogP contribution in [0.15, 0.2) is 0 Å². The van der Waals surface area contributed by atoms with Gasteiger partial charge in [-0.3, -0.25) is 0 Å². The summed E-state index contributed by atoms with van der Waals surface area (Å²) < 4.78 is 5.74. The van der Waals surface area contributed by atoms with E-state index in [2.05, 4.69) is 0 Å². The first-order valence-corrected chi connectivity index (χ1v) is 7.97. The van der Waals surface area contributed by atoms with Gasteiger partial charge in [-0.15, -0.1) is 0 Å². The van der Waals surface area contributed by atoms with Crippen molar-refractivity contribution in [2.75, 3.05) is 19.7 Å². The molecule has 1 N–H and O–H groups in total. The second kappa shape index (κ2) is 5.48. The van der Waals surface area contributed by atoms with E-state index in [9.17, 15) is 14.7 Å². The zero-order valence-electron chi connectivity index (χ0n) is 12.6. The Morgan fingerprint density at radius 2 is 2.00 bits per heavy atom. The largest absolute Gasteiger partial charge is 0.480 e. The Morgan fingerprint density at radius 3 is 2.76 bits per heavy atom. The quantitative estimate of drug-likeness (QED) is 0.799. The molecule has 6 heteroatoms. The van der Waals surface area contributed by atoms with Crippen LogP contribution in [0, 0.1) is 0 Å². The lowest BCUT2D eigenvalue weighted by atomic mass is 9.88. The van der Waals surface area contributed by atoms with Gasteiger partial charge in [0, 0.05) is 13.1 Å². The van der Waals surface area contributed by atoms with Gasteiger partial charge in [-0.05, 0) is 45.4 Å². The maximum atomic E-state index is 12.9. The number of carboxylic acid groups (broad SMARTS) is 1. The molecule has 21 heavy (non-hydrogen) atoms. The molecule has 0 spiro atoms. The average molecular weight is 296 g/mol. The van der Waals surface area contributed by atoms with Gasteiger partial charge in [0.15, 0.2) is 0 Å². The molecular formula is C15H24N2O4. The average Bonchev–Trinajstić information content (AvgIpc) is 2.95. The highest BCUT2D eigenvalue weighted by molar-refractivity contribution is 5.86. The molecule has 3 rings (SSSR count). The summed E-state index contributed by atoms with van der Waals surface area (Å²) in [6.45, 7) is 3.35. The molecular weight excluding hydrogens is 272 g/mol. The monoisotopic (exact) mass is 296 g/mol. The van der Waals surface area contributed by atoms with E-state index in [1.807, 2.05) is 4.90 Å².